The third-order valence-electron chi connectivity index (χ3n) is 5.11. The van der Waals surface area contributed by atoms with Crippen LogP contribution >= 0.6 is 24.0 Å². The first-order valence-corrected chi connectivity index (χ1v) is 11.0. The number of fused-ring (bicyclic) bond motifs is 1. The second-order valence-corrected chi connectivity index (χ2v) is 8.34. The van der Waals surface area contributed by atoms with Crippen molar-refractivity contribution < 1.29 is 18.8 Å². The third-order valence-corrected chi connectivity index (χ3v) is 5.11. The van der Waals surface area contributed by atoms with E-state index >= 15 is 0 Å². The molecule has 2 aromatic heterocycles. The average molecular weight is 526 g/mol. The summed E-state index contributed by atoms with van der Waals surface area (Å²) in [7, 11) is 0. The number of carbonyl (C=O) groups is 3. The summed E-state index contributed by atoms with van der Waals surface area (Å²) in [5, 5.41) is 12.6. The van der Waals surface area contributed by atoms with Crippen LogP contribution in [0.3, 0.4) is 0 Å². The fraction of sp³-hybridized carbons (Fsp3) is 0.364. The van der Waals surface area contributed by atoms with Crippen molar-refractivity contribution in [1.82, 2.24) is 35.5 Å². The normalized spacial score (nSPS) is 14.5. The van der Waals surface area contributed by atoms with Crippen molar-refractivity contribution in [2.45, 2.75) is 26.8 Å². The van der Waals surface area contributed by atoms with Gasteiger partial charge in [0.2, 0.25) is 5.24 Å². The van der Waals surface area contributed by atoms with Crippen molar-refractivity contribution in [3.8, 4) is 0 Å². The first kappa shape index (κ1) is 28.1. The molecule has 1 saturated heterocycles. The van der Waals surface area contributed by atoms with E-state index in [1.165, 1.54) is 29.9 Å². The average Bonchev–Trinajstić information content (AvgIpc) is 3.49. The number of nitrogens with zero attached hydrogens (tertiary/aromatic N) is 4. The number of carbonyl (C=O) groups excluding carboxylic acids is 3. The molecule has 1 fully saturated rings. The zero-order valence-corrected chi connectivity index (χ0v) is 20.7. The SMILES string of the molecule is CC(=O)Cl.Cc1cc(CNC(=O)c2cc(C(=O)NC[C@H]3CCNC3)n3ncnc3n2)ccc1F.Cl. The van der Waals surface area contributed by atoms with E-state index in [0.29, 0.717) is 18.0 Å². The predicted octanol–water partition coefficient (Wildman–Crippen LogP) is 2.03. The molecule has 1 aliphatic rings. The standard InChI is InChI=1S/C20H22FN7O2.C2H3ClO.ClH/c1-12-6-13(2-3-15(12)21)9-23-18(29)16-7-17(28-20(27-16)25-11-26-28)19(30)24-10-14-4-5-22-8-14;1-2(3)4;/h2-3,6-7,11,14,22H,4-5,8-10H2,1H3,(H,23,29)(H,24,30);1H3;1H/t14-;;/m0../s1. The van der Waals surface area contributed by atoms with E-state index < -0.39 is 5.91 Å². The molecule has 0 bridgehead atoms. The van der Waals surface area contributed by atoms with Gasteiger partial charge in [-0.25, -0.2) is 9.37 Å². The molecule has 0 unspecified atom stereocenters. The molecule has 3 aromatic rings. The lowest BCUT2D eigenvalue weighted by atomic mass is 10.1. The molecule has 1 atom stereocenters. The first-order chi connectivity index (χ1) is 16.2. The Labute approximate surface area is 212 Å². The molecule has 13 heteroatoms. The monoisotopic (exact) mass is 525 g/mol. The maximum atomic E-state index is 13.4. The van der Waals surface area contributed by atoms with E-state index in [0.717, 1.165) is 25.1 Å². The van der Waals surface area contributed by atoms with Gasteiger partial charge in [0.1, 0.15) is 23.5 Å². The van der Waals surface area contributed by atoms with Gasteiger partial charge in [-0.05, 0) is 61.1 Å². The number of aromatic nitrogens is 4. The van der Waals surface area contributed by atoms with Gasteiger partial charge in [0.25, 0.3) is 17.6 Å². The summed E-state index contributed by atoms with van der Waals surface area (Å²) in [6.07, 6.45) is 2.29. The Balaban J connectivity index is 0.000000804. The highest BCUT2D eigenvalue weighted by Crippen LogP contribution is 2.11. The van der Waals surface area contributed by atoms with Gasteiger partial charge < -0.3 is 16.0 Å². The Morgan fingerprint density at radius 1 is 1.23 bits per heavy atom. The summed E-state index contributed by atoms with van der Waals surface area (Å²) in [6, 6.07) is 6.03. The fourth-order valence-electron chi connectivity index (χ4n) is 3.40. The van der Waals surface area contributed by atoms with Crippen LogP contribution in [0.15, 0.2) is 30.6 Å². The lowest BCUT2D eigenvalue weighted by Crippen LogP contribution is -2.32. The minimum Gasteiger partial charge on any atom is -0.350 e. The van der Waals surface area contributed by atoms with Crippen LogP contribution in [-0.2, 0) is 11.3 Å². The maximum absolute atomic E-state index is 13.4. The van der Waals surface area contributed by atoms with Crippen LogP contribution in [0.4, 0.5) is 4.39 Å². The number of rotatable bonds is 6. The van der Waals surface area contributed by atoms with E-state index in [9.17, 15) is 18.8 Å². The summed E-state index contributed by atoms with van der Waals surface area (Å²) >= 11 is 4.64. The van der Waals surface area contributed by atoms with Gasteiger partial charge in [-0.3, -0.25) is 14.4 Å². The molecule has 3 heterocycles. The van der Waals surface area contributed by atoms with Crippen molar-refractivity contribution in [2.24, 2.45) is 5.92 Å². The largest absolute Gasteiger partial charge is 0.350 e. The summed E-state index contributed by atoms with van der Waals surface area (Å²) in [4.78, 5) is 42.8. The Morgan fingerprint density at radius 3 is 2.63 bits per heavy atom. The lowest BCUT2D eigenvalue weighted by molar-refractivity contribution is -0.109. The van der Waals surface area contributed by atoms with Crippen LogP contribution in [0, 0.1) is 18.7 Å². The Morgan fingerprint density at radius 2 is 1.97 bits per heavy atom. The van der Waals surface area contributed by atoms with Crippen LogP contribution < -0.4 is 16.0 Å². The van der Waals surface area contributed by atoms with Crippen molar-refractivity contribution >= 4 is 46.8 Å². The van der Waals surface area contributed by atoms with Gasteiger partial charge in [-0.15, -0.1) is 12.4 Å². The second kappa shape index (κ2) is 13.1. The van der Waals surface area contributed by atoms with E-state index in [2.05, 4.69) is 42.6 Å². The highest BCUT2D eigenvalue weighted by Gasteiger charge is 2.20. The fourth-order valence-corrected chi connectivity index (χ4v) is 3.40. The number of benzene rings is 1. The molecule has 0 aliphatic carbocycles. The quantitative estimate of drug-likeness (QED) is 0.419. The van der Waals surface area contributed by atoms with Crippen LogP contribution in [0.1, 0.15) is 45.4 Å². The zero-order valence-electron chi connectivity index (χ0n) is 19.2. The summed E-state index contributed by atoms with van der Waals surface area (Å²) in [5.41, 5.74) is 1.50. The van der Waals surface area contributed by atoms with E-state index in [-0.39, 0.29) is 53.1 Å². The highest BCUT2D eigenvalue weighted by molar-refractivity contribution is 6.62. The molecule has 2 amide bonds. The smallest absolute Gasteiger partial charge is 0.270 e. The van der Waals surface area contributed by atoms with Gasteiger partial charge >= 0.3 is 0 Å². The topological polar surface area (TPSA) is 130 Å². The zero-order chi connectivity index (χ0) is 24.7. The van der Waals surface area contributed by atoms with Crippen LogP contribution in [0.5, 0.6) is 0 Å². The minimum absolute atomic E-state index is 0. The molecule has 0 saturated carbocycles. The van der Waals surface area contributed by atoms with Gasteiger partial charge in [0.05, 0.1) is 0 Å². The second-order valence-electron chi connectivity index (χ2n) is 7.80. The van der Waals surface area contributed by atoms with E-state index in [4.69, 9.17) is 0 Å². The first-order valence-electron chi connectivity index (χ1n) is 10.6. The minimum atomic E-state index is -0.462. The molecule has 188 valence electrons. The summed E-state index contributed by atoms with van der Waals surface area (Å²) in [6.45, 7) is 5.51. The van der Waals surface area contributed by atoms with Gasteiger partial charge in [0, 0.05) is 26.1 Å². The molecule has 3 N–H and O–H groups in total. The number of hydrogen-bond donors (Lipinski definition) is 3. The Bertz CT molecular complexity index is 1200. The van der Waals surface area contributed by atoms with Crippen molar-refractivity contribution in [3.63, 3.8) is 0 Å². The molecular weight excluding hydrogens is 500 g/mol. The van der Waals surface area contributed by atoms with E-state index in [1.54, 1.807) is 19.1 Å². The molecule has 0 radical (unpaired) electrons. The number of amides is 2. The molecule has 4 rings (SSSR count). The predicted molar refractivity (Wildman–Crippen MR) is 130 cm³/mol. The molecule has 0 spiro atoms. The number of halogens is 3. The van der Waals surface area contributed by atoms with Crippen molar-refractivity contribution in [2.75, 3.05) is 19.6 Å². The molecular formula is C22H26Cl2FN7O3. The van der Waals surface area contributed by atoms with Crippen LogP contribution in [-0.4, -0.2) is 56.3 Å². The van der Waals surface area contributed by atoms with Gasteiger partial charge in [0.15, 0.2) is 0 Å². The van der Waals surface area contributed by atoms with Gasteiger partial charge in [-0.1, -0.05) is 12.1 Å². The Hall–Kier alpha value is -3.15. The molecule has 10 nitrogen and oxygen atoms in total. The lowest BCUT2D eigenvalue weighted by Gasteiger charge is -2.11. The summed E-state index contributed by atoms with van der Waals surface area (Å²) < 4.78 is 14.7. The van der Waals surface area contributed by atoms with Crippen molar-refractivity contribution in [3.05, 3.63) is 58.9 Å². The van der Waals surface area contributed by atoms with Gasteiger partial charge in [-0.2, -0.15) is 14.6 Å². The molecule has 35 heavy (non-hydrogen) atoms. The Kier molecular flexibility index (Phi) is 10.5. The maximum Gasteiger partial charge on any atom is 0.270 e. The number of nitrogens with one attached hydrogen (secondary N) is 3. The number of aryl methyl sites for hydroxylation is 1. The van der Waals surface area contributed by atoms with Crippen molar-refractivity contribution in [1.29, 1.82) is 0 Å². The summed E-state index contributed by atoms with van der Waals surface area (Å²) in [5.74, 6) is -0.565. The van der Waals surface area contributed by atoms with Crippen LogP contribution in [0.2, 0.25) is 0 Å². The molecule has 1 aliphatic heterocycles. The number of hydrogen-bond acceptors (Lipinski definition) is 7. The third kappa shape index (κ3) is 7.94. The highest BCUT2D eigenvalue weighted by atomic mass is 35.5. The molecule has 1 aromatic carbocycles. The van der Waals surface area contributed by atoms with E-state index in [1.807, 2.05) is 0 Å². The van der Waals surface area contributed by atoms with Crippen LogP contribution in [0.25, 0.3) is 5.78 Å².